The Morgan fingerprint density at radius 1 is 1.05 bits per heavy atom. The average Bonchev–Trinajstić information content (AvgIpc) is 3.34. The van der Waals surface area contributed by atoms with Gasteiger partial charge in [-0.3, -0.25) is 9.62 Å². The molecule has 0 unspecified atom stereocenters. The molecule has 3 aromatic carbocycles. The second-order valence-electron chi connectivity index (χ2n) is 11.8. The van der Waals surface area contributed by atoms with E-state index in [1.807, 2.05) is 36.4 Å². The first-order valence-corrected chi connectivity index (χ1v) is 16.0. The molecule has 10 nitrogen and oxygen atoms in total. The number of anilines is 1. The maximum atomic E-state index is 13.3. The number of aromatic nitrogens is 1. The smallest absolute Gasteiger partial charge is 0.393 e. The molecule has 0 saturated carbocycles. The van der Waals surface area contributed by atoms with E-state index in [0.29, 0.717) is 48.5 Å². The number of fused-ring (bicyclic) bond motifs is 1. The largest absolute Gasteiger partial charge is 0.413 e. The molecule has 1 saturated heterocycles. The van der Waals surface area contributed by atoms with Crippen molar-refractivity contribution in [3.05, 3.63) is 77.9 Å². The number of morpholine rings is 1. The number of hydrogen-bond acceptors (Lipinski definition) is 7. The maximum Gasteiger partial charge on any atom is 0.413 e. The van der Waals surface area contributed by atoms with E-state index in [-0.39, 0.29) is 22.6 Å². The number of nitrogens with zero attached hydrogens (tertiary/aromatic N) is 2. The predicted octanol–water partition coefficient (Wildman–Crippen LogP) is 5.42. The minimum Gasteiger partial charge on any atom is -0.393 e. The predicted molar refractivity (Wildman–Crippen MR) is 170 cm³/mol. The van der Waals surface area contributed by atoms with E-state index < -0.39 is 16.1 Å². The minimum absolute atomic E-state index is 0.0995. The van der Waals surface area contributed by atoms with Crippen LogP contribution >= 0.6 is 0 Å². The molecule has 4 aromatic rings. The van der Waals surface area contributed by atoms with Crippen molar-refractivity contribution < 1.29 is 22.7 Å². The number of carbonyl (C=O) groups excluding carboxylic acids is 1. The lowest BCUT2D eigenvalue weighted by Crippen LogP contribution is -2.41. The van der Waals surface area contributed by atoms with E-state index in [0.717, 1.165) is 29.8 Å². The number of nitrogens with one attached hydrogen (secondary N) is 3. The summed E-state index contributed by atoms with van der Waals surface area (Å²) in [5.41, 5.74) is 4.15. The van der Waals surface area contributed by atoms with Crippen LogP contribution in [0.4, 0.5) is 10.5 Å². The molecule has 3 N–H and O–H groups in total. The highest BCUT2D eigenvalue weighted by Gasteiger charge is 2.21. The van der Waals surface area contributed by atoms with Crippen LogP contribution < -0.4 is 14.8 Å². The average molecular weight is 616 g/mol. The number of rotatable bonds is 9. The van der Waals surface area contributed by atoms with Gasteiger partial charge in [0.1, 0.15) is 0 Å². The van der Waals surface area contributed by atoms with Crippen LogP contribution in [0.15, 0.2) is 71.6 Å². The molecule has 230 valence electrons. The minimum atomic E-state index is -3.86. The van der Waals surface area contributed by atoms with Gasteiger partial charge in [-0.1, -0.05) is 57.2 Å². The highest BCUT2D eigenvalue weighted by molar-refractivity contribution is 7.92. The molecule has 0 aliphatic carbocycles. The number of benzene rings is 3. The first-order chi connectivity index (χ1) is 21.0. The third-order valence-electron chi connectivity index (χ3n) is 7.57. The van der Waals surface area contributed by atoms with Gasteiger partial charge in [0.15, 0.2) is 0 Å². The lowest BCUT2D eigenvalue weighted by molar-refractivity contribution is 0.0385. The summed E-state index contributed by atoms with van der Waals surface area (Å²) in [7, 11) is -3.86. The maximum absolute atomic E-state index is 13.3. The van der Waals surface area contributed by atoms with E-state index in [9.17, 15) is 13.2 Å². The Hall–Kier alpha value is -4.37. The summed E-state index contributed by atoms with van der Waals surface area (Å²) in [6.45, 7) is 10.3. The normalized spacial score (nSPS) is 14.2. The molecule has 1 aliphatic rings. The Morgan fingerprint density at radius 3 is 2.41 bits per heavy atom. The molecule has 1 aromatic heterocycles. The Bertz CT molecular complexity index is 1760. The van der Waals surface area contributed by atoms with Crippen LogP contribution in [0.5, 0.6) is 5.88 Å². The summed E-state index contributed by atoms with van der Waals surface area (Å²) in [5.74, 6) is 0.231. The van der Waals surface area contributed by atoms with Crippen molar-refractivity contribution in [2.45, 2.75) is 37.5 Å². The Morgan fingerprint density at radius 2 is 1.75 bits per heavy atom. The van der Waals surface area contributed by atoms with Crippen LogP contribution in [-0.2, 0) is 26.6 Å². The fourth-order valence-corrected chi connectivity index (χ4v) is 6.14. The van der Waals surface area contributed by atoms with Crippen molar-refractivity contribution >= 4 is 32.7 Å². The number of H-pyrrole nitrogens is 1. The monoisotopic (exact) mass is 615 g/mol. The zero-order chi connectivity index (χ0) is 31.3. The van der Waals surface area contributed by atoms with E-state index in [2.05, 4.69) is 46.8 Å². The van der Waals surface area contributed by atoms with E-state index in [1.165, 1.54) is 0 Å². The molecule has 1 aliphatic heterocycles. The van der Waals surface area contributed by atoms with Crippen LogP contribution in [0, 0.1) is 11.3 Å². The molecule has 1 amide bonds. The van der Waals surface area contributed by atoms with Crippen molar-refractivity contribution in [1.82, 2.24) is 15.2 Å². The van der Waals surface area contributed by atoms with Gasteiger partial charge in [0.05, 0.1) is 36.2 Å². The Balaban J connectivity index is 1.42. The molecular weight excluding hydrogens is 578 g/mol. The molecule has 2 heterocycles. The third-order valence-corrected chi connectivity index (χ3v) is 8.97. The summed E-state index contributed by atoms with van der Waals surface area (Å²) >= 11 is 0. The molecular formula is C33H37N5O5S. The molecule has 0 bridgehead atoms. The molecule has 11 heteroatoms. The van der Waals surface area contributed by atoms with Gasteiger partial charge >= 0.3 is 6.09 Å². The summed E-state index contributed by atoms with van der Waals surface area (Å²) in [5, 5.41) is 12.6. The second kappa shape index (κ2) is 13.1. The Labute approximate surface area is 258 Å². The molecule has 0 spiro atoms. The number of nitriles is 1. The van der Waals surface area contributed by atoms with Gasteiger partial charge in [0.2, 0.25) is 5.88 Å². The van der Waals surface area contributed by atoms with Crippen LogP contribution in [0.1, 0.15) is 31.9 Å². The zero-order valence-corrected chi connectivity index (χ0v) is 26.0. The summed E-state index contributed by atoms with van der Waals surface area (Å²) in [4.78, 5) is 18.4. The van der Waals surface area contributed by atoms with Crippen LogP contribution in [0.3, 0.4) is 0 Å². The fraction of sp³-hybridized carbons (Fsp3) is 0.333. The number of aromatic amines is 1. The van der Waals surface area contributed by atoms with Gasteiger partial charge in [0, 0.05) is 42.8 Å². The number of sulfonamides is 1. The van der Waals surface area contributed by atoms with Crippen LogP contribution in [0.25, 0.3) is 22.0 Å². The number of ether oxygens (including phenoxy) is 2. The van der Waals surface area contributed by atoms with Gasteiger partial charge in [0.25, 0.3) is 10.0 Å². The molecule has 1 fully saturated rings. The summed E-state index contributed by atoms with van der Waals surface area (Å²) in [6, 6.07) is 21.5. The molecule has 5 rings (SSSR count). The summed E-state index contributed by atoms with van der Waals surface area (Å²) in [6.07, 6.45) is -0.335. The molecule has 0 atom stereocenters. The van der Waals surface area contributed by atoms with Crippen LogP contribution in [0.2, 0.25) is 0 Å². The van der Waals surface area contributed by atoms with Gasteiger partial charge < -0.3 is 19.8 Å². The van der Waals surface area contributed by atoms with Crippen LogP contribution in [-0.4, -0.2) is 63.8 Å². The fourth-order valence-electron chi connectivity index (χ4n) is 5.09. The third kappa shape index (κ3) is 7.39. The summed E-state index contributed by atoms with van der Waals surface area (Å²) < 4.78 is 40.4. The molecule has 44 heavy (non-hydrogen) atoms. The quantitative estimate of drug-likeness (QED) is 0.229. The topological polar surface area (TPSA) is 137 Å². The first-order valence-electron chi connectivity index (χ1n) is 14.5. The van der Waals surface area contributed by atoms with Gasteiger partial charge in [-0.05, 0) is 52.4 Å². The van der Waals surface area contributed by atoms with Crippen molar-refractivity contribution in [2.24, 2.45) is 0 Å². The van der Waals surface area contributed by atoms with Gasteiger partial charge in [-0.15, -0.1) is 0 Å². The Kier molecular flexibility index (Phi) is 9.25. The molecule has 0 radical (unpaired) electrons. The lowest BCUT2D eigenvalue weighted by Gasteiger charge is -2.26. The highest BCUT2D eigenvalue weighted by atomic mass is 32.2. The second-order valence-corrected chi connectivity index (χ2v) is 13.5. The highest BCUT2D eigenvalue weighted by Crippen LogP contribution is 2.39. The lowest BCUT2D eigenvalue weighted by atomic mass is 9.87. The van der Waals surface area contributed by atoms with E-state index >= 15 is 0 Å². The van der Waals surface area contributed by atoms with Gasteiger partial charge in [-0.25, -0.2) is 13.2 Å². The van der Waals surface area contributed by atoms with Crippen molar-refractivity contribution in [2.75, 3.05) is 44.1 Å². The zero-order valence-electron chi connectivity index (χ0n) is 25.1. The number of amides is 1. The number of carbonyl (C=O) groups is 1. The SMILES string of the molecule is CC(C)(C)c1ccc(S(=O)(=O)Nc2ccc3[nH]c(OC(=O)NCCN4CCOCC4)c(-c4ccc(CC#N)cc4)c3c2)cc1. The van der Waals surface area contributed by atoms with E-state index in [1.54, 1.807) is 30.3 Å². The van der Waals surface area contributed by atoms with Crippen molar-refractivity contribution in [1.29, 1.82) is 5.26 Å². The first kappa shape index (κ1) is 31.1. The van der Waals surface area contributed by atoms with E-state index in [4.69, 9.17) is 14.7 Å². The van der Waals surface area contributed by atoms with Crippen molar-refractivity contribution in [3.8, 4) is 23.1 Å². The van der Waals surface area contributed by atoms with Gasteiger partial charge in [-0.2, -0.15) is 5.26 Å². The van der Waals surface area contributed by atoms with Crippen molar-refractivity contribution in [3.63, 3.8) is 0 Å². The standard InChI is InChI=1S/C33H37N5O5S/c1-33(2,3)25-8-11-27(12-9-25)44(40,41)37-26-10-13-29-28(22-26)30(24-6-4-23(5-7-24)14-15-34)31(36-29)43-32(39)35-16-17-38-18-20-42-21-19-38/h4-13,22,36-37H,14,16-21H2,1-3H3,(H,35,39). The number of hydrogen-bond donors (Lipinski definition) is 3.